The van der Waals surface area contributed by atoms with Crippen molar-refractivity contribution in [1.29, 1.82) is 0 Å². The van der Waals surface area contributed by atoms with Gasteiger partial charge in [-0.1, -0.05) is 137 Å². The van der Waals surface area contributed by atoms with E-state index in [-0.39, 0.29) is 6.54 Å². The quantitative estimate of drug-likeness (QED) is 0.137. The third kappa shape index (κ3) is 5.36. The maximum atomic E-state index is 11.1. The molecule has 2 heterocycles. The summed E-state index contributed by atoms with van der Waals surface area (Å²) in [7, 11) is 0. The second-order valence-electron chi connectivity index (χ2n) is 11.9. The molecule has 0 bridgehead atoms. The van der Waals surface area contributed by atoms with E-state index in [1.807, 2.05) is 60.7 Å². The normalized spacial score (nSPS) is 11.6. The predicted octanol–water partition coefficient (Wildman–Crippen LogP) is 9.62. The highest BCUT2D eigenvalue weighted by molar-refractivity contribution is 9.10. The SMILES string of the molecule is O=C(O)NCc1cccc(-c2cccc3[nH]c(-c4nn(C(c5ccccc5)(c5ccccc5)c5ccccc5)c5ccc(Br)cc45)nc23)c1. The topological polar surface area (TPSA) is 95.8 Å². The number of hydrogen-bond acceptors (Lipinski definition) is 3. The number of carboxylic acid groups (broad SMARTS) is 1. The van der Waals surface area contributed by atoms with E-state index in [1.54, 1.807) is 0 Å². The Bertz CT molecular complexity index is 2340. The third-order valence-corrected chi connectivity index (χ3v) is 9.45. The molecule has 0 aliphatic heterocycles. The van der Waals surface area contributed by atoms with E-state index in [0.717, 1.165) is 65.5 Å². The Kier molecular flexibility index (Phi) is 7.78. The van der Waals surface area contributed by atoms with Crippen LogP contribution in [0.5, 0.6) is 0 Å². The van der Waals surface area contributed by atoms with Crippen LogP contribution in [-0.4, -0.2) is 30.9 Å². The number of aromatic nitrogens is 4. The lowest BCUT2D eigenvalue weighted by atomic mass is 9.77. The van der Waals surface area contributed by atoms with Gasteiger partial charge in [-0.25, -0.2) is 14.5 Å². The Hall–Kier alpha value is -5.99. The fourth-order valence-electron chi connectivity index (χ4n) is 6.83. The van der Waals surface area contributed by atoms with E-state index in [4.69, 9.17) is 15.2 Å². The van der Waals surface area contributed by atoms with Crippen molar-refractivity contribution in [2.45, 2.75) is 12.1 Å². The van der Waals surface area contributed by atoms with Crippen LogP contribution in [-0.2, 0) is 12.1 Å². The number of nitrogens with zero attached hydrogens (tertiary/aromatic N) is 3. The Balaban J connectivity index is 1.38. The number of H-pyrrole nitrogens is 1. The van der Waals surface area contributed by atoms with E-state index in [0.29, 0.717) is 5.82 Å². The molecule has 2 aromatic heterocycles. The number of rotatable bonds is 8. The number of amides is 1. The van der Waals surface area contributed by atoms with Gasteiger partial charge in [0.05, 0.1) is 16.6 Å². The van der Waals surface area contributed by atoms with Crippen LogP contribution < -0.4 is 5.32 Å². The zero-order valence-electron chi connectivity index (χ0n) is 26.2. The Morgan fingerprint density at radius 3 is 2.02 bits per heavy atom. The van der Waals surface area contributed by atoms with E-state index in [2.05, 4.69) is 122 Å². The highest BCUT2D eigenvalue weighted by Gasteiger charge is 2.41. The smallest absolute Gasteiger partial charge is 0.404 e. The molecule has 8 heteroatoms. The first-order valence-electron chi connectivity index (χ1n) is 15.9. The number of nitrogens with one attached hydrogen (secondary N) is 2. The summed E-state index contributed by atoms with van der Waals surface area (Å²) >= 11 is 3.73. The minimum atomic E-state index is -1.06. The Morgan fingerprint density at radius 1 is 0.755 bits per heavy atom. The molecule has 49 heavy (non-hydrogen) atoms. The number of halogens is 1. The van der Waals surface area contributed by atoms with Crippen LogP contribution in [0.2, 0.25) is 0 Å². The molecule has 8 aromatic rings. The Morgan fingerprint density at radius 2 is 1.39 bits per heavy atom. The van der Waals surface area contributed by atoms with Gasteiger partial charge in [-0.3, -0.25) is 0 Å². The molecule has 0 unspecified atom stereocenters. The van der Waals surface area contributed by atoms with Crippen LogP contribution in [0.3, 0.4) is 0 Å². The van der Waals surface area contributed by atoms with Crippen molar-refractivity contribution in [3.8, 4) is 22.6 Å². The average molecular weight is 705 g/mol. The van der Waals surface area contributed by atoms with Gasteiger partial charge in [-0.2, -0.15) is 5.10 Å². The number of fused-ring (bicyclic) bond motifs is 2. The lowest BCUT2D eigenvalue weighted by Crippen LogP contribution is -2.38. The molecule has 0 saturated heterocycles. The van der Waals surface area contributed by atoms with Gasteiger partial charge in [0.25, 0.3) is 0 Å². The first-order valence-corrected chi connectivity index (χ1v) is 16.7. The molecule has 0 aliphatic rings. The first kappa shape index (κ1) is 30.4. The largest absolute Gasteiger partial charge is 0.465 e. The average Bonchev–Trinajstić information content (AvgIpc) is 3.74. The number of carbonyl (C=O) groups is 1. The Labute approximate surface area is 291 Å². The predicted molar refractivity (Wildman–Crippen MR) is 197 cm³/mol. The molecule has 0 fully saturated rings. The molecular weight excluding hydrogens is 674 g/mol. The summed E-state index contributed by atoms with van der Waals surface area (Å²) in [5, 5.41) is 18.0. The molecule has 0 aliphatic carbocycles. The van der Waals surface area contributed by atoms with E-state index in [1.165, 1.54) is 0 Å². The molecule has 238 valence electrons. The van der Waals surface area contributed by atoms with Crippen molar-refractivity contribution in [2.24, 2.45) is 0 Å². The van der Waals surface area contributed by atoms with Crippen molar-refractivity contribution in [1.82, 2.24) is 25.1 Å². The summed E-state index contributed by atoms with van der Waals surface area (Å²) in [5.41, 5.74) is 8.54. The molecular formula is C41H30BrN5O2. The molecule has 0 atom stereocenters. The lowest BCUT2D eigenvalue weighted by molar-refractivity contribution is 0.194. The summed E-state index contributed by atoms with van der Waals surface area (Å²) in [4.78, 5) is 19.9. The fraction of sp³-hybridized carbons (Fsp3) is 0.0488. The summed E-state index contributed by atoms with van der Waals surface area (Å²) in [6.07, 6.45) is -1.06. The standard InChI is InChI=1S/C41H30BrN5O2/c42-32-22-23-36-34(25-32)38(39-44-35-21-11-20-33(37(35)45-39)28-13-10-12-27(24-28)26-43-40(48)49)46-47(36)41(29-14-4-1-5-15-29,30-16-6-2-7-17-30)31-18-8-3-9-19-31/h1-25,43H,26H2,(H,44,45)(H,48,49). The van der Waals surface area contributed by atoms with E-state index in [9.17, 15) is 4.79 Å². The first-order chi connectivity index (χ1) is 24.0. The van der Waals surface area contributed by atoms with Crippen molar-refractivity contribution >= 4 is 44.0 Å². The fourth-order valence-corrected chi connectivity index (χ4v) is 7.19. The lowest BCUT2D eigenvalue weighted by Gasteiger charge is -2.37. The molecule has 8 rings (SSSR count). The molecule has 6 aromatic carbocycles. The highest BCUT2D eigenvalue weighted by Crippen LogP contribution is 2.44. The zero-order valence-corrected chi connectivity index (χ0v) is 27.8. The van der Waals surface area contributed by atoms with E-state index >= 15 is 0 Å². The minimum Gasteiger partial charge on any atom is -0.465 e. The van der Waals surface area contributed by atoms with Gasteiger partial charge in [-0.05, 0) is 58.1 Å². The van der Waals surface area contributed by atoms with Gasteiger partial charge in [0.15, 0.2) is 5.82 Å². The molecule has 0 spiro atoms. The van der Waals surface area contributed by atoms with Gasteiger partial charge in [0, 0.05) is 22.0 Å². The number of aromatic amines is 1. The number of hydrogen-bond donors (Lipinski definition) is 3. The highest BCUT2D eigenvalue weighted by atomic mass is 79.9. The van der Waals surface area contributed by atoms with Crippen molar-refractivity contribution in [2.75, 3.05) is 0 Å². The van der Waals surface area contributed by atoms with Crippen LogP contribution in [0.4, 0.5) is 4.79 Å². The second kappa shape index (κ2) is 12.6. The van der Waals surface area contributed by atoms with Crippen molar-refractivity contribution in [3.63, 3.8) is 0 Å². The minimum absolute atomic E-state index is 0.218. The van der Waals surface area contributed by atoms with Gasteiger partial charge >= 0.3 is 6.09 Å². The maximum absolute atomic E-state index is 11.1. The summed E-state index contributed by atoms with van der Waals surface area (Å²) in [6.45, 7) is 0.218. The number of imidazole rings is 1. The second-order valence-corrected chi connectivity index (χ2v) is 12.8. The maximum Gasteiger partial charge on any atom is 0.404 e. The molecule has 0 saturated carbocycles. The van der Waals surface area contributed by atoms with Crippen molar-refractivity contribution < 1.29 is 9.90 Å². The van der Waals surface area contributed by atoms with Crippen LogP contribution >= 0.6 is 15.9 Å². The summed E-state index contributed by atoms with van der Waals surface area (Å²) < 4.78 is 3.09. The molecule has 3 N–H and O–H groups in total. The van der Waals surface area contributed by atoms with Crippen LogP contribution in [0.15, 0.2) is 156 Å². The van der Waals surface area contributed by atoms with Gasteiger partial charge in [-0.15, -0.1) is 0 Å². The van der Waals surface area contributed by atoms with E-state index < -0.39 is 11.6 Å². The van der Waals surface area contributed by atoms with Gasteiger partial charge in [0.1, 0.15) is 11.2 Å². The molecule has 7 nitrogen and oxygen atoms in total. The summed E-state index contributed by atoms with van der Waals surface area (Å²) in [5.74, 6) is 0.649. The molecule has 0 radical (unpaired) electrons. The monoisotopic (exact) mass is 703 g/mol. The van der Waals surface area contributed by atoms with Crippen molar-refractivity contribution in [3.05, 3.63) is 178 Å². The summed E-state index contributed by atoms with van der Waals surface area (Å²) in [6, 6.07) is 51.8. The number of para-hydroxylation sites is 1. The van der Waals surface area contributed by atoms with Crippen LogP contribution in [0.1, 0.15) is 22.3 Å². The number of benzene rings is 6. The third-order valence-electron chi connectivity index (χ3n) is 8.95. The van der Waals surface area contributed by atoms with Crippen LogP contribution in [0, 0.1) is 0 Å². The zero-order chi connectivity index (χ0) is 33.4. The van der Waals surface area contributed by atoms with Gasteiger partial charge in [0.2, 0.25) is 0 Å². The van der Waals surface area contributed by atoms with Crippen LogP contribution in [0.25, 0.3) is 44.6 Å². The van der Waals surface area contributed by atoms with Gasteiger partial charge < -0.3 is 15.4 Å². The molecule has 1 amide bonds.